The molecule has 3 unspecified atom stereocenters. The minimum Gasteiger partial charge on any atom is -0.481 e. The molecule has 1 heterocycles. The van der Waals surface area contributed by atoms with Gasteiger partial charge in [0.15, 0.2) is 5.96 Å². The largest absolute Gasteiger partial charge is 0.481 e. The number of amides is 1. The smallest absolute Gasteiger partial charge is 0.326 e. The molecule has 1 aromatic carbocycles. The summed E-state index contributed by atoms with van der Waals surface area (Å²) in [5.41, 5.74) is 9.99. The number of aryl methyl sites for hydroxylation is 1. The van der Waals surface area contributed by atoms with Crippen LogP contribution in [-0.2, 0) is 37.1 Å². The molecule has 7 N–H and O–H groups in total. The number of hydrogen-bond acceptors (Lipinski definition) is 10. The number of benzene rings is 1. The number of carboxylic acids is 2. The van der Waals surface area contributed by atoms with Crippen molar-refractivity contribution < 1.29 is 38.9 Å². The molecule has 266 valence electrons. The number of thioether (sulfide) groups is 1. The monoisotopic (exact) mass is 700 g/mol. The van der Waals surface area contributed by atoms with E-state index in [4.69, 9.17) is 27.9 Å². The summed E-state index contributed by atoms with van der Waals surface area (Å²) in [5, 5.41) is 28.7. The van der Waals surface area contributed by atoms with Crippen LogP contribution in [0.3, 0.4) is 0 Å². The first-order valence-corrected chi connectivity index (χ1v) is 16.5. The van der Waals surface area contributed by atoms with E-state index in [9.17, 15) is 29.1 Å². The van der Waals surface area contributed by atoms with Gasteiger partial charge in [-0.15, -0.1) is 5.10 Å². The number of carboxylic acid groups (broad SMARTS) is 2. The lowest BCUT2D eigenvalue weighted by Gasteiger charge is -2.30. The number of guanidine groups is 1. The minimum absolute atomic E-state index is 0.0154. The molecule has 0 spiro atoms. The van der Waals surface area contributed by atoms with Crippen LogP contribution in [0.2, 0.25) is 0 Å². The van der Waals surface area contributed by atoms with Crippen LogP contribution >= 0.6 is 11.8 Å². The summed E-state index contributed by atoms with van der Waals surface area (Å²) < 4.78 is 5.62. The fourth-order valence-corrected chi connectivity index (χ4v) is 6.03. The zero-order valence-corrected chi connectivity index (χ0v) is 28.5. The molecule has 0 aliphatic carbocycles. The molecule has 49 heavy (non-hydrogen) atoms. The van der Waals surface area contributed by atoms with Crippen molar-refractivity contribution in [1.82, 2.24) is 20.3 Å². The number of ether oxygens (including phenoxy) is 1. The summed E-state index contributed by atoms with van der Waals surface area (Å²) >= 11 is 0.736. The normalized spacial score (nSPS) is 13.9. The highest BCUT2D eigenvalue weighted by Gasteiger charge is 2.48. The van der Waals surface area contributed by atoms with Gasteiger partial charge in [0, 0.05) is 38.4 Å². The molecule has 2 rings (SSSR count). The van der Waals surface area contributed by atoms with E-state index in [1.165, 1.54) is 6.92 Å². The average molecular weight is 701 g/mol. The van der Waals surface area contributed by atoms with Crippen molar-refractivity contribution in [2.45, 2.75) is 101 Å². The highest BCUT2D eigenvalue weighted by molar-refractivity contribution is 8.15. The van der Waals surface area contributed by atoms with Gasteiger partial charge in [-0.2, -0.15) is 0 Å². The molecule has 1 aromatic heterocycles. The Hall–Kier alpha value is -4.98. The van der Waals surface area contributed by atoms with Crippen LogP contribution < -0.4 is 16.8 Å². The number of nitrogens with zero attached hydrogens (tertiary/aromatic N) is 5. The van der Waals surface area contributed by atoms with Gasteiger partial charge in [0.05, 0.1) is 19.0 Å². The Bertz CT molecular complexity index is 1510. The van der Waals surface area contributed by atoms with Crippen LogP contribution in [-0.4, -0.2) is 83.0 Å². The molecule has 16 nitrogen and oxygen atoms in total. The van der Waals surface area contributed by atoms with Crippen molar-refractivity contribution in [1.29, 1.82) is 0 Å². The van der Waals surface area contributed by atoms with E-state index in [2.05, 4.69) is 25.5 Å². The molecule has 0 saturated heterocycles. The predicted octanol–water partition coefficient (Wildman–Crippen LogP) is 2.77. The number of nitrogens with two attached hydrogens (primary N) is 2. The number of aliphatic carboxylic acids is 2. The third kappa shape index (κ3) is 14.8. The zero-order valence-electron chi connectivity index (χ0n) is 27.7. The van der Waals surface area contributed by atoms with Crippen molar-refractivity contribution in [3.05, 3.63) is 59.2 Å². The zero-order chi connectivity index (χ0) is 36.5. The van der Waals surface area contributed by atoms with Gasteiger partial charge < -0.3 is 36.6 Å². The minimum atomic E-state index is -1.51. The topological polar surface area (TPSA) is 247 Å². The fourth-order valence-electron chi connectivity index (χ4n) is 4.84. The molecule has 0 fully saturated rings. The predicted molar refractivity (Wildman–Crippen MR) is 181 cm³/mol. The highest BCUT2D eigenvalue weighted by atomic mass is 32.2. The number of carbonyl (C=O) groups excluding carboxylic acids is 3. The third-order valence-corrected chi connectivity index (χ3v) is 8.61. The first-order chi connectivity index (χ1) is 23.2. The summed E-state index contributed by atoms with van der Waals surface area (Å²) in [6.07, 6.45) is 3.78. The molecule has 0 radical (unpaired) electrons. The molecule has 0 bridgehead atoms. The van der Waals surface area contributed by atoms with Crippen LogP contribution in [0.5, 0.6) is 0 Å². The Kier molecular flexibility index (Phi) is 16.2. The van der Waals surface area contributed by atoms with E-state index < -0.39 is 39.4 Å². The fraction of sp³-hybridized carbons (Fsp3) is 0.531. The summed E-state index contributed by atoms with van der Waals surface area (Å²) in [4.78, 5) is 68.9. The van der Waals surface area contributed by atoms with Gasteiger partial charge in [0.2, 0.25) is 16.6 Å². The van der Waals surface area contributed by atoms with Gasteiger partial charge in [-0.1, -0.05) is 53.7 Å². The quantitative estimate of drug-likeness (QED) is 0.0390. The van der Waals surface area contributed by atoms with Gasteiger partial charge in [-0.05, 0) is 32.6 Å². The van der Waals surface area contributed by atoms with Crippen LogP contribution in [0.15, 0.2) is 41.5 Å². The van der Waals surface area contributed by atoms with Crippen LogP contribution in [0.25, 0.3) is 4.85 Å². The third-order valence-electron chi connectivity index (χ3n) is 7.43. The van der Waals surface area contributed by atoms with E-state index in [1.807, 2.05) is 0 Å². The van der Waals surface area contributed by atoms with Gasteiger partial charge >= 0.3 is 17.9 Å². The number of hydrogen-bond donors (Lipinski definition) is 5. The van der Waals surface area contributed by atoms with E-state index in [1.54, 1.807) is 48.1 Å². The number of rotatable bonds is 22. The molecule has 3 atom stereocenters. The number of carbonyl (C=O) groups is 5. The average Bonchev–Trinajstić information content (AvgIpc) is 3.51. The maximum absolute atomic E-state index is 13.5. The summed E-state index contributed by atoms with van der Waals surface area (Å²) in [6.45, 7) is 11.3. The van der Waals surface area contributed by atoms with Gasteiger partial charge in [0.25, 0.3) is 0 Å². The Labute approximate surface area is 288 Å². The lowest BCUT2D eigenvalue weighted by Crippen LogP contribution is -2.42. The second kappa shape index (κ2) is 19.7. The molecule has 17 heteroatoms. The number of aliphatic imine (C=N–C) groups is 1. The lowest BCUT2D eigenvalue weighted by atomic mass is 9.86. The van der Waals surface area contributed by atoms with E-state index in [0.717, 1.165) is 11.8 Å². The first-order valence-electron chi connectivity index (χ1n) is 15.7. The second-order valence-corrected chi connectivity index (χ2v) is 13.4. The van der Waals surface area contributed by atoms with Gasteiger partial charge in [0.1, 0.15) is 23.1 Å². The highest BCUT2D eigenvalue weighted by Crippen LogP contribution is 2.40. The van der Waals surface area contributed by atoms with E-state index in [0.29, 0.717) is 43.5 Å². The van der Waals surface area contributed by atoms with Crippen molar-refractivity contribution in [3.8, 4) is 0 Å². The SMILES string of the molecule is [C-]#[N+]C(C)(CCC(=O)O)CC(C)(SC(=O)c1ccccc1)C(=O)OCc1cn(CCCCCC(=O)NC(CCCN=C(N)N)C(=O)O)nn1. The van der Waals surface area contributed by atoms with Crippen molar-refractivity contribution in [2.75, 3.05) is 6.54 Å². The Morgan fingerprint density at radius 2 is 1.80 bits per heavy atom. The molecular formula is C32H44N8O8S. The second-order valence-electron chi connectivity index (χ2n) is 11.9. The Morgan fingerprint density at radius 1 is 1.08 bits per heavy atom. The number of nitrogens with one attached hydrogen (secondary N) is 1. The molecule has 2 aromatic rings. The number of unbranched alkanes of at least 4 members (excludes halogenated alkanes) is 2. The first kappa shape index (κ1) is 40.2. The maximum Gasteiger partial charge on any atom is 0.326 e. The van der Waals surface area contributed by atoms with Crippen molar-refractivity contribution in [2.24, 2.45) is 16.5 Å². The van der Waals surface area contributed by atoms with Crippen LogP contribution in [0.1, 0.15) is 87.7 Å². The van der Waals surface area contributed by atoms with Crippen LogP contribution in [0.4, 0.5) is 0 Å². The lowest BCUT2D eigenvalue weighted by molar-refractivity contribution is -0.148. The molecule has 0 saturated carbocycles. The van der Waals surface area contributed by atoms with Crippen molar-refractivity contribution in [3.63, 3.8) is 0 Å². The summed E-state index contributed by atoms with van der Waals surface area (Å²) in [6, 6.07) is 7.34. The van der Waals surface area contributed by atoms with Crippen LogP contribution in [0, 0.1) is 6.57 Å². The number of esters is 1. The number of aromatic nitrogens is 3. The summed E-state index contributed by atoms with van der Waals surface area (Å²) in [5.74, 6) is -3.40. The Morgan fingerprint density at radius 3 is 2.43 bits per heavy atom. The Balaban J connectivity index is 1.90. The van der Waals surface area contributed by atoms with Gasteiger partial charge in [-0.3, -0.25) is 28.9 Å². The summed E-state index contributed by atoms with van der Waals surface area (Å²) in [7, 11) is 0. The molecular weight excluding hydrogens is 656 g/mol. The maximum atomic E-state index is 13.5. The van der Waals surface area contributed by atoms with Gasteiger partial charge in [-0.25, -0.2) is 11.4 Å². The van der Waals surface area contributed by atoms with Crippen molar-refractivity contribution >= 4 is 46.7 Å². The standard InChI is InChI=1S/C32H44N8O8S/c1-31(35-3,16-15-26(42)43)21-32(2,49-28(46)22-11-6-4-7-12-22)29(47)48-20-23-19-40(39-38-23)18-9-5-8-14-25(41)37-24(27(44)45)13-10-17-36-30(33)34/h4,6-7,11-12,19,24H,5,8-10,13-18,20-21H2,1-2H3,(H,37,41)(H,42,43)(H,44,45)(H4,33,34,36). The molecule has 1 amide bonds. The van der Waals surface area contributed by atoms with E-state index in [-0.39, 0.29) is 57.1 Å². The molecule has 0 aliphatic rings. The molecule has 0 aliphatic heterocycles. The van der Waals surface area contributed by atoms with E-state index >= 15 is 0 Å².